The second-order valence-corrected chi connectivity index (χ2v) is 6.30. The molecule has 122 valence electrons. The first-order valence-electron chi connectivity index (χ1n) is 7.97. The highest BCUT2D eigenvalue weighted by atomic mass is 19.1. The summed E-state index contributed by atoms with van der Waals surface area (Å²) in [6.45, 7) is 3.06. The molecule has 0 aromatic heterocycles. The summed E-state index contributed by atoms with van der Waals surface area (Å²) in [5.74, 6) is 0.420. The molecular formula is C19H22FNO2. The van der Waals surface area contributed by atoms with Crippen molar-refractivity contribution in [3.63, 3.8) is 0 Å². The van der Waals surface area contributed by atoms with E-state index in [9.17, 15) is 9.50 Å². The van der Waals surface area contributed by atoms with Crippen molar-refractivity contribution >= 4 is 0 Å². The van der Waals surface area contributed by atoms with Gasteiger partial charge in [0.2, 0.25) is 0 Å². The molecule has 1 aliphatic rings. The topological polar surface area (TPSA) is 41.5 Å². The highest BCUT2D eigenvalue weighted by molar-refractivity contribution is 5.36. The number of aryl methyl sites for hydroxylation is 1. The van der Waals surface area contributed by atoms with Crippen molar-refractivity contribution in [1.29, 1.82) is 0 Å². The number of aliphatic hydroxyl groups excluding tert-OH is 1. The van der Waals surface area contributed by atoms with Crippen LogP contribution in [-0.4, -0.2) is 23.4 Å². The molecule has 2 N–H and O–H groups in total. The quantitative estimate of drug-likeness (QED) is 0.891. The van der Waals surface area contributed by atoms with E-state index in [-0.39, 0.29) is 5.82 Å². The number of aliphatic hydroxyl groups is 1. The van der Waals surface area contributed by atoms with Crippen LogP contribution in [0.15, 0.2) is 48.5 Å². The molecule has 4 heteroatoms. The van der Waals surface area contributed by atoms with E-state index < -0.39 is 11.7 Å². The first-order valence-corrected chi connectivity index (χ1v) is 7.97. The molecule has 0 fully saturated rings. The summed E-state index contributed by atoms with van der Waals surface area (Å²) in [4.78, 5) is 0. The fourth-order valence-electron chi connectivity index (χ4n) is 2.93. The van der Waals surface area contributed by atoms with Crippen LogP contribution in [-0.2, 0) is 13.0 Å². The Morgan fingerprint density at radius 1 is 1.26 bits per heavy atom. The van der Waals surface area contributed by atoms with Crippen molar-refractivity contribution < 1.29 is 14.2 Å². The lowest BCUT2D eigenvalue weighted by Crippen LogP contribution is -2.51. The molecule has 0 radical (unpaired) electrons. The first kappa shape index (κ1) is 16.0. The van der Waals surface area contributed by atoms with Crippen molar-refractivity contribution in [2.24, 2.45) is 0 Å². The Morgan fingerprint density at radius 2 is 2.04 bits per heavy atom. The van der Waals surface area contributed by atoms with Crippen LogP contribution in [0, 0.1) is 5.82 Å². The lowest BCUT2D eigenvalue weighted by Gasteiger charge is -2.39. The molecular weight excluding hydrogens is 293 g/mol. The minimum Gasteiger partial charge on any atom is -0.485 e. The van der Waals surface area contributed by atoms with Crippen LogP contribution < -0.4 is 10.1 Å². The Kier molecular flexibility index (Phi) is 4.64. The van der Waals surface area contributed by atoms with E-state index in [0.29, 0.717) is 31.7 Å². The van der Waals surface area contributed by atoms with Crippen LogP contribution in [0.3, 0.4) is 0 Å². The molecule has 3 nitrogen and oxygen atoms in total. The number of benzene rings is 2. The summed E-state index contributed by atoms with van der Waals surface area (Å²) in [5, 5.41) is 13.8. The summed E-state index contributed by atoms with van der Waals surface area (Å²) >= 11 is 0. The van der Waals surface area contributed by atoms with Crippen molar-refractivity contribution in [2.45, 2.75) is 38.0 Å². The van der Waals surface area contributed by atoms with Crippen LogP contribution in [0.4, 0.5) is 4.39 Å². The number of rotatable bonds is 5. The summed E-state index contributed by atoms with van der Waals surface area (Å²) < 4.78 is 19.2. The molecule has 1 heterocycles. The van der Waals surface area contributed by atoms with Crippen molar-refractivity contribution in [3.8, 4) is 5.75 Å². The third kappa shape index (κ3) is 3.71. The van der Waals surface area contributed by atoms with Crippen molar-refractivity contribution in [1.82, 2.24) is 5.32 Å². The number of nitrogens with one attached hydrogen (secondary N) is 1. The van der Waals surface area contributed by atoms with E-state index in [1.165, 1.54) is 17.7 Å². The predicted octanol–water partition coefficient (Wildman–Crippen LogP) is 3.06. The number of hydrogen-bond donors (Lipinski definition) is 2. The molecule has 0 aliphatic carbocycles. The molecule has 3 rings (SSSR count). The summed E-state index contributed by atoms with van der Waals surface area (Å²) in [6, 6.07) is 14.6. The maximum atomic E-state index is 13.3. The average molecular weight is 315 g/mol. The Labute approximate surface area is 136 Å². The van der Waals surface area contributed by atoms with E-state index in [2.05, 4.69) is 5.32 Å². The number of ether oxygens (including phenoxy) is 1. The normalized spacial score (nSPS) is 21.3. The van der Waals surface area contributed by atoms with Gasteiger partial charge >= 0.3 is 0 Å². The van der Waals surface area contributed by atoms with Gasteiger partial charge in [-0.15, -0.1) is 0 Å². The van der Waals surface area contributed by atoms with Gasteiger partial charge in [-0.05, 0) is 49.1 Å². The number of fused-ring (bicyclic) bond motifs is 1. The summed E-state index contributed by atoms with van der Waals surface area (Å²) in [5.41, 5.74) is 1.39. The largest absolute Gasteiger partial charge is 0.485 e. The molecule has 0 saturated heterocycles. The van der Waals surface area contributed by atoms with Gasteiger partial charge in [-0.2, -0.15) is 0 Å². The van der Waals surface area contributed by atoms with Gasteiger partial charge in [-0.25, -0.2) is 4.39 Å². The van der Waals surface area contributed by atoms with Gasteiger partial charge in [-0.3, -0.25) is 0 Å². The van der Waals surface area contributed by atoms with Crippen molar-refractivity contribution in [2.75, 3.05) is 6.54 Å². The highest BCUT2D eigenvalue weighted by Crippen LogP contribution is 2.35. The lowest BCUT2D eigenvalue weighted by molar-refractivity contribution is -0.0532. The van der Waals surface area contributed by atoms with Crippen LogP contribution in [0.1, 0.15) is 24.5 Å². The molecule has 0 bridgehead atoms. The van der Waals surface area contributed by atoms with Gasteiger partial charge < -0.3 is 15.2 Å². The Hall–Kier alpha value is -1.91. The van der Waals surface area contributed by atoms with Gasteiger partial charge in [0.05, 0.1) is 0 Å². The lowest BCUT2D eigenvalue weighted by atomic mass is 9.88. The molecule has 1 aliphatic heterocycles. The first-order chi connectivity index (χ1) is 11.1. The molecule has 23 heavy (non-hydrogen) atoms. The van der Waals surface area contributed by atoms with Crippen molar-refractivity contribution in [3.05, 3.63) is 65.5 Å². The van der Waals surface area contributed by atoms with Gasteiger partial charge in [0.1, 0.15) is 23.3 Å². The van der Waals surface area contributed by atoms with Gasteiger partial charge in [0.15, 0.2) is 0 Å². The third-order valence-corrected chi connectivity index (χ3v) is 4.47. The Bertz CT molecular complexity index is 662. The minimum absolute atomic E-state index is 0.249. The van der Waals surface area contributed by atoms with E-state index >= 15 is 0 Å². The summed E-state index contributed by atoms with van der Waals surface area (Å²) in [7, 11) is 0. The maximum Gasteiger partial charge on any atom is 0.133 e. The monoisotopic (exact) mass is 315 g/mol. The van der Waals surface area contributed by atoms with Crippen LogP contribution in [0.5, 0.6) is 5.75 Å². The molecule has 0 amide bonds. The zero-order chi connectivity index (χ0) is 16.3. The SMILES string of the molecule is CC1([C@H](O)CNCc2ccccc2)CCc2cc(F)ccc2O1. The van der Waals surface area contributed by atoms with Crippen LogP contribution >= 0.6 is 0 Å². The van der Waals surface area contributed by atoms with E-state index in [1.807, 2.05) is 37.3 Å². The highest BCUT2D eigenvalue weighted by Gasteiger charge is 2.38. The molecule has 0 spiro atoms. The average Bonchev–Trinajstić information content (AvgIpc) is 2.56. The van der Waals surface area contributed by atoms with E-state index in [0.717, 1.165) is 5.56 Å². The summed E-state index contributed by atoms with van der Waals surface area (Å²) in [6.07, 6.45) is 0.737. The second kappa shape index (κ2) is 6.69. The van der Waals surface area contributed by atoms with Crippen LogP contribution in [0.25, 0.3) is 0 Å². The van der Waals surface area contributed by atoms with E-state index in [1.54, 1.807) is 6.07 Å². The standard InChI is InChI=1S/C19H22FNO2/c1-19(10-9-15-11-16(20)7-8-17(15)23-19)18(22)13-21-12-14-5-3-2-4-6-14/h2-8,11,18,21-22H,9-10,12-13H2,1H3/t18-,19?/m1/s1. The van der Waals surface area contributed by atoms with E-state index in [4.69, 9.17) is 4.74 Å². The third-order valence-electron chi connectivity index (χ3n) is 4.47. The second-order valence-electron chi connectivity index (χ2n) is 6.30. The Balaban J connectivity index is 1.58. The van der Waals surface area contributed by atoms with Gasteiger partial charge in [0.25, 0.3) is 0 Å². The fraction of sp³-hybridized carbons (Fsp3) is 0.368. The van der Waals surface area contributed by atoms with Gasteiger partial charge in [-0.1, -0.05) is 30.3 Å². The van der Waals surface area contributed by atoms with Crippen LogP contribution in [0.2, 0.25) is 0 Å². The Morgan fingerprint density at radius 3 is 2.83 bits per heavy atom. The fourth-order valence-corrected chi connectivity index (χ4v) is 2.93. The number of halogens is 1. The minimum atomic E-state index is -0.658. The molecule has 2 aromatic carbocycles. The molecule has 2 atom stereocenters. The number of hydrogen-bond acceptors (Lipinski definition) is 3. The van der Waals surface area contributed by atoms with Gasteiger partial charge in [0, 0.05) is 13.1 Å². The zero-order valence-electron chi connectivity index (χ0n) is 13.3. The maximum absolute atomic E-state index is 13.3. The smallest absolute Gasteiger partial charge is 0.133 e. The molecule has 1 unspecified atom stereocenters. The molecule has 2 aromatic rings. The predicted molar refractivity (Wildman–Crippen MR) is 87.9 cm³/mol. The molecule has 0 saturated carbocycles. The zero-order valence-corrected chi connectivity index (χ0v) is 13.3.